The zero-order chi connectivity index (χ0) is 24.9. The van der Waals surface area contributed by atoms with Gasteiger partial charge >= 0.3 is 0 Å². The van der Waals surface area contributed by atoms with Crippen LogP contribution in [0.15, 0.2) is 39.9 Å². The molecule has 0 spiro atoms. The molecule has 2 saturated heterocycles. The van der Waals surface area contributed by atoms with Crippen LogP contribution in [0.3, 0.4) is 0 Å². The number of anilines is 3. The monoisotopic (exact) mass is 488 g/mol. The first-order chi connectivity index (χ1) is 17.7. The van der Waals surface area contributed by atoms with Gasteiger partial charge in [0.05, 0.1) is 11.4 Å². The second kappa shape index (κ2) is 10.8. The highest BCUT2D eigenvalue weighted by Gasteiger charge is 2.23. The summed E-state index contributed by atoms with van der Waals surface area (Å²) in [6, 6.07) is 7.67. The smallest absolute Gasteiger partial charge is 0.299 e. The van der Waals surface area contributed by atoms with Crippen molar-refractivity contribution in [2.75, 3.05) is 48.3 Å². The third-order valence-electron chi connectivity index (χ3n) is 6.61. The fourth-order valence-electron chi connectivity index (χ4n) is 4.74. The third kappa shape index (κ3) is 5.02. The van der Waals surface area contributed by atoms with Crippen molar-refractivity contribution in [2.24, 2.45) is 10.7 Å². The summed E-state index contributed by atoms with van der Waals surface area (Å²) < 4.78 is 6.10. The Balaban J connectivity index is 1.48. The Morgan fingerprint density at radius 2 is 1.69 bits per heavy atom. The average molecular weight is 489 g/mol. The lowest BCUT2D eigenvalue weighted by molar-refractivity contribution is 0.102. The second-order valence-electron chi connectivity index (χ2n) is 9.14. The molecule has 0 unspecified atom stereocenters. The lowest BCUT2D eigenvalue weighted by Gasteiger charge is -2.29. The summed E-state index contributed by atoms with van der Waals surface area (Å²) in [4.78, 5) is 35.7. The van der Waals surface area contributed by atoms with E-state index in [-0.39, 0.29) is 11.6 Å². The topological polar surface area (TPSA) is 126 Å². The van der Waals surface area contributed by atoms with Crippen LogP contribution in [0, 0.1) is 0 Å². The van der Waals surface area contributed by atoms with Crippen molar-refractivity contribution in [3.8, 4) is 0 Å². The molecule has 5 heterocycles. The number of nitrogens with two attached hydrogens (primary N) is 1. The lowest BCUT2D eigenvalue weighted by atomic mass is 10.1. The number of rotatable bonds is 6. The molecule has 0 radical (unpaired) electrons. The summed E-state index contributed by atoms with van der Waals surface area (Å²) in [5.41, 5.74) is 8.91. The number of nitrogens with zero attached hydrogens (tertiary/aromatic N) is 6. The molecular weight excluding hydrogens is 456 g/mol. The van der Waals surface area contributed by atoms with Gasteiger partial charge in [-0.05, 0) is 50.7 Å². The van der Waals surface area contributed by atoms with Crippen LogP contribution < -0.4 is 20.9 Å². The standard InChI is InChI=1S/C26H32N8O2/c1-28-17-18(16-27)19-9-8-10-20(29-19)25(35)30-21-15-22-23(31-24(21)33-11-4-2-5-12-33)32-26(36-22)34-13-6-3-7-14-34/h8-10,15-17H,2-7,11-14,27H2,1H3,(H,30,35). The van der Waals surface area contributed by atoms with Crippen molar-refractivity contribution in [2.45, 2.75) is 38.5 Å². The zero-order valence-corrected chi connectivity index (χ0v) is 20.6. The van der Waals surface area contributed by atoms with Gasteiger partial charge in [-0.15, -0.1) is 0 Å². The van der Waals surface area contributed by atoms with Gasteiger partial charge in [-0.2, -0.15) is 4.98 Å². The fourth-order valence-corrected chi connectivity index (χ4v) is 4.74. The van der Waals surface area contributed by atoms with Crippen molar-refractivity contribution in [3.05, 3.63) is 41.9 Å². The minimum Gasteiger partial charge on any atom is -0.422 e. The lowest BCUT2D eigenvalue weighted by Crippen LogP contribution is -2.31. The molecule has 2 aliphatic rings. The van der Waals surface area contributed by atoms with E-state index in [4.69, 9.17) is 20.1 Å². The summed E-state index contributed by atoms with van der Waals surface area (Å²) in [5, 5.41) is 3.03. The predicted molar refractivity (Wildman–Crippen MR) is 143 cm³/mol. The van der Waals surface area contributed by atoms with Crippen molar-refractivity contribution >= 4 is 46.4 Å². The Kier molecular flexibility index (Phi) is 7.11. The number of fused-ring (bicyclic) bond motifs is 1. The van der Waals surface area contributed by atoms with Crippen LogP contribution in [0.4, 0.5) is 17.5 Å². The molecule has 36 heavy (non-hydrogen) atoms. The molecule has 5 rings (SSSR count). The van der Waals surface area contributed by atoms with Gasteiger partial charge in [0, 0.05) is 57.3 Å². The summed E-state index contributed by atoms with van der Waals surface area (Å²) >= 11 is 0. The molecule has 0 aromatic carbocycles. The molecule has 0 atom stereocenters. The maximum absolute atomic E-state index is 13.3. The maximum Gasteiger partial charge on any atom is 0.299 e. The Morgan fingerprint density at radius 3 is 2.39 bits per heavy atom. The first kappa shape index (κ1) is 23.8. The molecule has 10 nitrogen and oxygen atoms in total. The third-order valence-corrected chi connectivity index (χ3v) is 6.61. The van der Waals surface area contributed by atoms with Gasteiger partial charge in [-0.25, -0.2) is 9.97 Å². The number of hydrogen-bond donors (Lipinski definition) is 2. The van der Waals surface area contributed by atoms with Crippen molar-refractivity contribution in [1.82, 2.24) is 15.0 Å². The van der Waals surface area contributed by atoms with Crippen LogP contribution >= 0.6 is 0 Å². The van der Waals surface area contributed by atoms with Crippen molar-refractivity contribution in [3.63, 3.8) is 0 Å². The van der Waals surface area contributed by atoms with Crippen LogP contribution in [0.2, 0.25) is 0 Å². The van der Waals surface area contributed by atoms with E-state index in [1.165, 1.54) is 19.0 Å². The highest BCUT2D eigenvalue weighted by Crippen LogP contribution is 2.33. The first-order valence-electron chi connectivity index (χ1n) is 12.6. The molecule has 10 heteroatoms. The molecule has 0 saturated carbocycles. The van der Waals surface area contributed by atoms with Crippen LogP contribution in [-0.4, -0.2) is 60.3 Å². The number of pyridine rings is 2. The highest BCUT2D eigenvalue weighted by molar-refractivity contribution is 6.10. The van der Waals surface area contributed by atoms with Gasteiger partial charge in [0.2, 0.25) is 5.65 Å². The van der Waals surface area contributed by atoms with E-state index in [1.807, 2.05) is 6.07 Å². The van der Waals surface area contributed by atoms with Crippen LogP contribution in [0.1, 0.15) is 54.7 Å². The van der Waals surface area contributed by atoms with Gasteiger partial charge in [0.1, 0.15) is 5.69 Å². The number of allylic oxidation sites excluding steroid dienone is 1. The molecule has 3 N–H and O–H groups in total. The molecule has 188 valence electrons. The van der Waals surface area contributed by atoms with E-state index in [2.05, 4.69) is 25.1 Å². The number of aromatic nitrogens is 3. The molecule has 0 aliphatic carbocycles. The fraction of sp³-hybridized carbons (Fsp3) is 0.423. The summed E-state index contributed by atoms with van der Waals surface area (Å²) in [6.07, 6.45) is 9.88. The van der Waals surface area contributed by atoms with Gasteiger partial charge < -0.3 is 25.3 Å². The number of carbonyl (C=O) groups is 1. The van der Waals surface area contributed by atoms with E-state index in [0.717, 1.165) is 51.9 Å². The number of piperidine rings is 2. The van der Waals surface area contributed by atoms with Gasteiger partial charge in [-0.1, -0.05) is 6.07 Å². The van der Waals surface area contributed by atoms with E-state index >= 15 is 0 Å². The van der Waals surface area contributed by atoms with Crippen molar-refractivity contribution in [1.29, 1.82) is 0 Å². The molecule has 3 aromatic rings. The Hall–Kier alpha value is -3.95. The Labute approximate surface area is 210 Å². The number of carbonyl (C=O) groups excluding carboxylic acids is 1. The summed E-state index contributed by atoms with van der Waals surface area (Å²) in [6.45, 7) is 3.62. The molecule has 2 aliphatic heterocycles. The number of amides is 1. The van der Waals surface area contributed by atoms with E-state index in [0.29, 0.717) is 40.0 Å². The van der Waals surface area contributed by atoms with Crippen LogP contribution in [-0.2, 0) is 0 Å². The summed E-state index contributed by atoms with van der Waals surface area (Å²) in [5.74, 6) is 0.377. The summed E-state index contributed by atoms with van der Waals surface area (Å²) in [7, 11) is 1.66. The predicted octanol–water partition coefficient (Wildman–Crippen LogP) is 3.85. The number of nitrogens with one attached hydrogen (secondary N) is 1. The van der Waals surface area contributed by atoms with Gasteiger partial charge in [0.25, 0.3) is 11.9 Å². The van der Waals surface area contributed by atoms with Crippen molar-refractivity contribution < 1.29 is 9.21 Å². The Bertz CT molecular complexity index is 1290. The van der Waals surface area contributed by atoms with Crippen LogP contribution in [0.25, 0.3) is 16.8 Å². The number of aliphatic imine (C=N–C) groups is 1. The van der Waals surface area contributed by atoms with E-state index in [1.54, 1.807) is 31.5 Å². The number of oxazole rings is 1. The molecule has 0 bridgehead atoms. The van der Waals surface area contributed by atoms with Gasteiger partial charge in [-0.3, -0.25) is 9.79 Å². The minimum atomic E-state index is -0.336. The molecule has 2 fully saturated rings. The molecule has 1 amide bonds. The first-order valence-corrected chi connectivity index (χ1v) is 12.6. The second-order valence-corrected chi connectivity index (χ2v) is 9.14. The highest BCUT2D eigenvalue weighted by atomic mass is 16.4. The quantitative estimate of drug-likeness (QED) is 0.501. The SMILES string of the molecule is CN=CC(=CN)c1cccc(C(=O)Nc2cc3oc(N4CCCCC4)nc3nc2N2CCCCC2)n1. The Morgan fingerprint density at radius 1 is 1.00 bits per heavy atom. The maximum atomic E-state index is 13.3. The molecule has 3 aromatic heterocycles. The van der Waals surface area contributed by atoms with Crippen LogP contribution in [0.5, 0.6) is 0 Å². The van der Waals surface area contributed by atoms with E-state index in [9.17, 15) is 4.79 Å². The normalized spacial score (nSPS) is 17.2. The average Bonchev–Trinajstić information content (AvgIpc) is 3.35. The minimum absolute atomic E-state index is 0.271. The number of hydrogen-bond acceptors (Lipinski definition) is 9. The van der Waals surface area contributed by atoms with E-state index < -0.39 is 0 Å². The molecular formula is C26H32N8O2. The largest absolute Gasteiger partial charge is 0.422 e. The zero-order valence-electron chi connectivity index (χ0n) is 20.6. The van der Waals surface area contributed by atoms with Gasteiger partial charge in [0.15, 0.2) is 11.4 Å².